The number of amides is 2. The second kappa shape index (κ2) is 2.47. The van der Waals surface area contributed by atoms with Crippen LogP contribution in [-0.2, 0) is 9.59 Å². The first-order chi connectivity index (χ1) is 6.05. The molecule has 0 unspecified atom stereocenters. The summed E-state index contributed by atoms with van der Waals surface area (Å²) < 4.78 is 0. The van der Waals surface area contributed by atoms with Crippen molar-refractivity contribution in [1.29, 1.82) is 0 Å². The third-order valence-corrected chi connectivity index (χ3v) is 2.78. The zero-order chi connectivity index (χ0) is 9.64. The molecule has 2 rings (SSSR count). The SMILES string of the molecule is CC(C)[C@@H]1NC(=O)C2(CC2)NC1=O. The van der Waals surface area contributed by atoms with E-state index in [1.54, 1.807) is 0 Å². The second-order valence-corrected chi connectivity index (χ2v) is 4.27. The van der Waals surface area contributed by atoms with E-state index < -0.39 is 5.54 Å². The largest absolute Gasteiger partial charge is 0.342 e. The normalized spacial score (nSPS) is 30.2. The van der Waals surface area contributed by atoms with Gasteiger partial charge < -0.3 is 10.6 Å². The molecule has 0 aromatic carbocycles. The third kappa shape index (κ3) is 1.20. The van der Waals surface area contributed by atoms with Crippen LogP contribution in [0.5, 0.6) is 0 Å². The number of carbonyl (C=O) groups excluding carboxylic acids is 2. The second-order valence-electron chi connectivity index (χ2n) is 4.27. The lowest BCUT2D eigenvalue weighted by molar-refractivity contribution is -0.138. The lowest BCUT2D eigenvalue weighted by Gasteiger charge is -2.31. The van der Waals surface area contributed by atoms with Gasteiger partial charge in [0.15, 0.2) is 0 Å². The maximum absolute atomic E-state index is 11.5. The van der Waals surface area contributed by atoms with E-state index in [4.69, 9.17) is 0 Å². The van der Waals surface area contributed by atoms with Crippen molar-refractivity contribution < 1.29 is 9.59 Å². The summed E-state index contributed by atoms with van der Waals surface area (Å²) in [7, 11) is 0. The Hall–Kier alpha value is -1.06. The summed E-state index contributed by atoms with van der Waals surface area (Å²) in [5.41, 5.74) is -0.525. The number of carbonyl (C=O) groups is 2. The first-order valence-electron chi connectivity index (χ1n) is 4.68. The fourth-order valence-electron chi connectivity index (χ4n) is 1.66. The van der Waals surface area contributed by atoms with Crippen molar-refractivity contribution in [1.82, 2.24) is 10.6 Å². The van der Waals surface area contributed by atoms with Crippen LogP contribution in [0.2, 0.25) is 0 Å². The van der Waals surface area contributed by atoms with E-state index in [-0.39, 0.29) is 23.8 Å². The van der Waals surface area contributed by atoms with Gasteiger partial charge in [-0.1, -0.05) is 13.8 Å². The highest BCUT2D eigenvalue weighted by atomic mass is 16.2. The van der Waals surface area contributed by atoms with Crippen molar-refractivity contribution in [3.63, 3.8) is 0 Å². The molecule has 1 atom stereocenters. The van der Waals surface area contributed by atoms with Crippen LogP contribution >= 0.6 is 0 Å². The number of piperazine rings is 1. The van der Waals surface area contributed by atoms with E-state index in [1.165, 1.54) is 0 Å². The Morgan fingerprint density at radius 2 is 2.00 bits per heavy atom. The van der Waals surface area contributed by atoms with Gasteiger partial charge in [0, 0.05) is 0 Å². The highest BCUT2D eigenvalue weighted by Gasteiger charge is 2.55. The van der Waals surface area contributed by atoms with Crippen LogP contribution in [0.1, 0.15) is 26.7 Å². The minimum atomic E-state index is -0.525. The summed E-state index contributed by atoms with van der Waals surface area (Å²) in [6, 6.07) is -0.348. The van der Waals surface area contributed by atoms with E-state index in [9.17, 15) is 9.59 Å². The van der Waals surface area contributed by atoms with Gasteiger partial charge in [0.25, 0.3) is 0 Å². The molecule has 4 nitrogen and oxygen atoms in total. The quantitative estimate of drug-likeness (QED) is 0.589. The predicted octanol–water partition coefficient (Wildman–Crippen LogP) is -0.210. The van der Waals surface area contributed by atoms with Gasteiger partial charge in [-0.05, 0) is 18.8 Å². The monoisotopic (exact) mass is 182 g/mol. The van der Waals surface area contributed by atoms with Crippen LogP contribution in [-0.4, -0.2) is 23.4 Å². The minimum Gasteiger partial charge on any atom is -0.342 e. The molecule has 4 heteroatoms. The van der Waals surface area contributed by atoms with Crippen molar-refractivity contribution in [2.75, 3.05) is 0 Å². The summed E-state index contributed by atoms with van der Waals surface area (Å²) in [6.45, 7) is 3.85. The number of nitrogens with one attached hydrogen (secondary N) is 2. The lowest BCUT2D eigenvalue weighted by Crippen LogP contribution is -2.64. The highest BCUT2D eigenvalue weighted by molar-refractivity contribution is 6.01. The summed E-state index contributed by atoms with van der Waals surface area (Å²) in [4.78, 5) is 23.0. The summed E-state index contributed by atoms with van der Waals surface area (Å²) in [5.74, 6) is 0.109. The Bertz CT molecular complexity index is 269. The molecule has 1 saturated heterocycles. The average molecular weight is 182 g/mol. The van der Waals surface area contributed by atoms with Crippen LogP contribution in [0.25, 0.3) is 0 Å². The predicted molar refractivity (Wildman–Crippen MR) is 46.9 cm³/mol. The molecule has 1 heterocycles. The molecule has 0 radical (unpaired) electrons. The number of hydrogen-bond donors (Lipinski definition) is 2. The molecule has 13 heavy (non-hydrogen) atoms. The summed E-state index contributed by atoms with van der Waals surface area (Å²) in [5, 5.41) is 5.56. The standard InChI is InChI=1S/C9H14N2O2/c1-5(2)6-7(12)11-9(3-4-9)8(13)10-6/h5-6H,3-4H2,1-2H3,(H,10,13)(H,11,12)/t6-/m0/s1. The highest BCUT2D eigenvalue weighted by Crippen LogP contribution is 2.37. The van der Waals surface area contributed by atoms with Gasteiger partial charge in [0.1, 0.15) is 11.6 Å². The zero-order valence-electron chi connectivity index (χ0n) is 7.89. The molecule has 1 aliphatic heterocycles. The number of hydrogen-bond acceptors (Lipinski definition) is 2. The summed E-state index contributed by atoms with van der Waals surface area (Å²) >= 11 is 0. The van der Waals surface area contributed by atoms with Crippen LogP contribution in [0.15, 0.2) is 0 Å². The average Bonchev–Trinajstić information content (AvgIpc) is 2.78. The molecule has 1 saturated carbocycles. The van der Waals surface area contributed by atoms with Gasteiger partial charge >= 0.3 is 0 Å². The Labute approximate surface area is 77.1 Å². The first-order valence-corrected chi connectivity index (χ1v) is 4.68. The van der Waals surface area contributed by atoms with Crippen LogP contribution in [0.4, 0.5) is 0 Å². The molecule has 0 bridgehead atoms. The minimum absolute atomic E-state index is 0.00852. The molecular formula is C9H14N2O2. The Morgan fingerprint density at radius 1 is 1.38 bits per heavy atom. The fraction of sp³-hybridized carbons (Fsp3) is 0.778. The van der Waals surface area contributed by atoms with Crippen molar-refractivity contribution in [3.05, 3.63) is 0 Å². The lowest BCUT2D eigenvalue weighted by atomic mass is 9.99. The molecule has 72 valence electrons. The third-order valence-electron chi connectivity index (χ3n) is 2.78. The van der Waals surface area contributed by atoms with Crippen molar-refractivity contribution in [3.8, 4) is 0 Å². The molecule has 0 aromatic heterocycles. The molecule has 2 fully saturated rings. The summed E-state index contributed by atoms with van der Waals surface area (Å²) in [6.07, 6.45) is 1.57. The van der Waals surface area contributed by atoms with Crippen LogP contribution in [0.3, 0.4) is 0 Å². The Kier molecular flexibility index (Phi) is 1.62. The zero-order valence-corrected chi connectivity index (χ0v) is 7.89. The fourth-order valence-corrected chi connectivity index (χ4v) is 1.66. The first kappa shape index (κ1) is 8.53. The molecule has 2 aliphatic rings. The van der Waals surface area contributed by atoms with E-state index >= 15 is 0 Å². The molecule has 1 spiro atoms. The maximum atomic E-state index is 11.5. The molecule has 0 aromatic rings. The Morgan fingerprint density at radius 3 is 2.46 bits per heavy atom. The molecule has 1 aliphatic carbocycles. The smallest absolute Gasteiger partial charge is 0.246 e. The van der Waals surface area contributed by atoms with Crippen LogP contribution in [0, 0.1) is 5.92 Å². The molecular weight excluding hydrogens is 168 g/mol. The van der Waals surface area contributed by atoms with Gasteiger partial charge in [-0.25, -0.2) is 0 Å². The Balaban J connectivity index is 2.13. The maximum Gasteiger partial charge on any atom is 0.246 e. The topological polar surface area (TPSA) is 58.2 Å². The van der Waals surface area contributed by atoms with Gasteiger partial charge in [-0.3, -0.25) is 9.59 Å². The van der Waals surface area contributed by atoms with Gasteiger partial charge in [0.05, 0.1) is 0 Å². The van der Waals surface area contributed by atoms with E-state index in [1.807, 2.05) is 13.8 Å². The number of rotatable bonds is 1. The molecule has 2 N–H and O–H groups in total. The van der Waals surface area contributed by atoms with Gasteiger partial charge in [0.2, 0.25) is 11.8 Å². The molecule has 2 amide bonds. The van der Waals surface area contributed by atoms with E-state index in [0.29, 0.717) is 0 Å². The van der Waals surface area contributed by atoms with E-state index in [0.717, 1.165) is 12.8 Å². The van der Waals surface area contributed by atoms with Gasteiger partial charge in [-0.15, -0.1) is 0 Å². The van der Waals surface area contributed by atoms with E-state index in [2.05, 4.69) is 10.6 Å². The van der Waals surface area contributed by atoms with Crippen molar-refractivity contribution >= 4 is 11.8 Å². The van der Waals surface area contributed by atoms with Crippen molar-refractivity contribution in [2.24, 2.45) is 5.92 Å². The van der Waals surface area contributed by atoms with Crippen LogP contribution < -0.4 is 10.6 Å². The van der Waals surface area contributed by atoms with Crippen molar-refractivity contribution in [2.45, 2.75) is 38.3 Å². The van der Waals surface area contributed by atoms with Gasteiger partial charge in [-0.2, -0.15) is 0 Å².